The Bertz CT molecular complexity index is 899. The van der Waals surface area contributed by atoms with E-state index in [9.17, 15) is 13.2 Å². The molecule has 1 aliphatic heterocycles. The zero-order valence-electron chi connectivity index (χ0n) is 16.0. The number of hydrogen-bond acceptors (Lipinski definition) is 5. The van der Waals surface area contributed by atoms with E-state index in [0.717, 1.165) is 0 Å². The van der Waals surface area contributed by atoms with E-state index in [1.165, 1.54) is 4.31 Å². The van der Waals surface area contributed by atoms with Crippen LogP contribution in [-0.4, -0.2) is 69.4 Å². The predicted molar refractivity (Wildman–Crippen MR) is 112 cm³/mol. The molecule has 0 saturated carbocycles. The van der Waals surface area contributed by atoms with Crippen LogP contribution in [0.15, 0.2) is 59.5 Å². The summed E-state index contributed by atoms with van der Waals surface area (Å²) in [6.07, 6.45) is 0. The summed E-state index contributed by atoms with van der Waals surface area (Å²) in [4.78, 5) is 14.4. The zero-order valence-corrected chi connectivity index (χ0v) is 17.5. The van der Waals surface area contributed by atoms with Crippen LogP contribution in [0, 0.1) is 0 Å². The van der Waals surface area contributed by atoms with E-state index in [4.69, 9.17) is 16.3 Å². The average molecular weight is 438 g/mol. The topological polar surface area (TPSA) is 79.0 Å². The molecule has 7 nitrogen and oxygen atoms in total. The van der Waals surface area contributed by atoms with Crippen molar-refractivity contribution in [3.8, 4) is 5.75 Å². The number of ether oxygens (including phenoxy) is 1. The number of carbonyl (C=O) groups is 1. The van der Waals surface area contributed by atoms with E-state index >= 15 is 0 Å². The fourth-order valence-corrected chi connectivity index (χ4v) is 4.59. The molecular formula is C20H24ClN3O4S. The number of sulfonamides is 1. The number of nitrogens with one attached hydrogen (secondary N) is 1. The molecule has 1 fully saturated rings. The summed E-state index contributed by atoms with van der Waals surface area (Å²) in [6, 6.07) is 15.3. The lowest BCUT2D eigenvalue weighted by Gasteiger charge is -2.33. The maximum Gasteiger partial charge on any atom is 0.257 e. The smallest absolute Gasteiger partial charge is 0.257 e. The van der Waals surface area contributed by atoms with Crippen molar-refractivity contribution in [1.82, 2.24) is 14.5 Å². The summed E-state index contributed by atoms with van der Waals surface area (Å²) in [5.41, 5.74) is 0. The maximum atomic E-state index is 12.6. The number of nitrogens with zero attached hydrogens (tertiary/aromatic N) is 2. The highest BCUT2D eigenvalue weighted by Gasteiger charge is 2.28. The maximum absolute atomic E-state index is 12.6. The van der Waals surface area contributed by atoms with Gasteiger partial charge in [-0.15, -0.1) is 0 Å². The Kier molecular flexibility index (Phi) is 7.49. The molecule has 1 saturated heterocycles. The number of rotatable bonds is 8. The molecule has 29 heavy (non-hydrogen) atoms. The van der Waals surface area contributed by atoms with Gasteiger partial charge in [-0.2, -0.15) is 4.31 Å². The van der Waals surface area contributed by atoms with E-state index in [0.29, 0.717) is 54.9 Å². The molecular weight excluding hydrogens is 414 g/mol. The summed E-state index contributed by atoms with van der Waals surface area (Å²) in [6.45, 7) is 3.20. The first-order valence-electron chi connectivity index (χ1n) is 9.38. The van der Waals surface area contributed by atoms with Crippen molar-refractivity contribution in [1.29, 1.82) is 0 Å². The largest absolute Gasteiger partial charge is 0.484 e. The Morgan fingerprint density at radius 3 is 2.31 bits per heavy atom. The molecule has 0 unspecified atom stereocenters. The second-order valence-electron chi connectivity index (χ2n) is 6.65. The Hall–Kier alpha value is -2.13. The third-order valence-electron chi connectivity index (χ3n) is 4.65. The second kappa shape index (κ2) is 10.1. The molecule has 0 spiro atoms. The SMILES string of the molecule is O=C(COc1ccc(Cl)cc1)NCCN1CCN(S(=O)(=O)c2ccccc2)CC1. The van der Waals surface area contributed by atoms with Gasteiger partial charge in [0.15, 0.2) is 6.61 Å². The number of piperazine rings is 1. The van der Waals surface area contributed by atoms with Crippen LogP contribution in [0.4, 0.5) is 0 Å². The molecule has 0 aliphatic carbocycles. The normalized spacial score (nSPS) is 15.8. The minimum atomic E-state index is -3.44. The van der Waals surface area contributed by atoms with Crippen LogP contribution in [0.1, 0.15) is 0 Å². The van der Waals surface area contributed by atoms with Crippen LogP contribution in [0.3, 0.4) is 0 Å². The van der Waals surface area contributed by atoms with Gasteiger partial charge in [-0.05, 0) is 36.4 Å². The number of carbonyl (C=O) groups excluding carboxylic acids is 1. The van der Waals surface area contributed by atoms with Gasteiger partial charge in [-0.25, -0.2) is 8.42 Å². The van der Waals surface area contributed by atoms with Gasteiger partial charge in [0.2, 0.25) is 10.0 Å². The predicted octanol–water partition coefficient (Wildman–Crippen LogP) is 1.84. The molecule has 1 amide bonds. The van der Waals surface area contributed by atoms with Gasteiger partial charge in [-0.3, -0.25) is 9.69 Å². The highest BCUT2D eigenvalue weighted by Crippen LogP contribution is 2.17. The zero-order chi connectivity index (χ0) is 20.7. The summed E-state index contributed by atoms with van der Waals surface area (Å²) >= 11 is 5.81. The van der Waals surface area contributed by atoms with Crippen molar-refractivity contribution in [3.05, 3.63) is 59.6 Å². The number of hydrogen-bond donors (Lipinski definition) is 1. The van der Waals surface area contributed by atoms with Crippen molar-refractivity contribution in [3.63, 3.8) is 0 Å². The van der Waals surface area contributed by atoms with Crippen LogP contribution in [-0.2, 0) is 14.8 Å². The highest BCUT2D eigenvalue weighted by molar-refractivity contribution is 7.89. The van der Waals surface area contributed by atoms with E-state index in [2.05, 4.69) is 10.2 Å². The van der Waals surface area contributed by atoms with Crippen molar-refractivity contribution in [2.24, 2.45) is 0 Å². The first kappa shape index (κ1) is 21.6. The van der Waals surface area contributed by atoms with Crippen LogP contribution in [0.5, 0.6) is 5.75 Å². The summed E-state index contributed by atoms with van der Waals surface area (Å²) < 4.78 is 32.2. The van der Waals surface area contributed by atoms with E-state index in [1.54, 1.807) is 54.6 Å². The van der Waals surface area contributed by atoms with E-state index in [-0.39, 0.29) is 12.5 Å². The third-order valence-corrected chi connectivity index (χ3v) is 6.81. The molecule has 1 N–H and O–H groups in total. The Balaban J connectivity index is 1.35. The van der Waals surface area contributed by atoms with Gasteiger partial charge in [-0.1, -0.05) is 29.8 Å². The number of halogens is 1. The molecule has 0 bridgehead atoms. The van der Waals surface area contributed by atoms with Gasteiger partial charge in [0.1, 0.15) is 5.75 Å². The first-order valence-corrected chi connectivity index (χ1v) is 11.2. The van der Waals surface area contributed by atoms with Gasteiger partial charge in [0.05, 0.1) is 4.90 Å². The third kappa shape index (κ3) is 6.17. The standard InChI is InChI=1S/C20H24ClN3O4S/c21-17-6-8-18(9-7-17)28-16-20(25)22-10-11-23-12-14-24(15-13-23)29(26,27)19-4-2-1-3-5-19/h1-9H,10-16H2,(H,22,25). The molecule has 2 aromatic rings. The van der Waals surface area contributed by atoms with Crippen molar-refractivity contribution in [2.45, 2.75) is 4.90 Å². The Morgan fingerprint density at radius 2 is 1.66 bits per heavy atom. The van der Waals surface area contributed by atoms with Crippen molar-refractivity contribution in [2.75, 3.05) is 45.9 Å². The van der Waals surface area contributed by atoms with Gasteiger partial charge in [0, 0.05) is 44.3 Å². The van der Waals surface area contributed by atoms with Gasteiger partial charge >= 0.3 is 0 Å². The van der Waals surface area contributed by atoms with Crippen LogP contribution >= 0.6 is 11.6 Å². The molecule has 3 rings (SSSR count). The lowest BCUT2D eigenvalue weighted by Crippen LogP contribution is -2.50. The lowest BCUT2D eigenvalue weighted by atomic mass is 10.3. The minimum Gasteiger partial charge on any atom is -0.484 e. The molecule has 2 aromatic carbocycles. The van der Waals surface area contributed by atoms with E-state index in [1.807, 2.05) is 0 Å². The Morgan fingerprint density at radius 1 is 1.00 bits per heavy atom. The fraction of sp³-hybridized carbons (Fsp3) is 0.350. The van der Waals surface area contributed by atoms with Gasteiger partial charge < -0.3 is 10.1 Å². The van der Waals surface area contributed by atoms with Crippen molar-refractivity contribution < 1.29 is 17.9 Å². The molecule has 0 atom stereocenters. The highest BCUT2D eigenvalue weighted by atomic mass is 35.5. The Labute approximate surface area is 176 Å². The minimum absolute atomic E-state index is 0.0648. The summed E-state index contributed by atoms with van der Waals surface area (Å²) in [7, 11) is -3.44. The lowest BCUT2D eigenvalue weighted by molar-refractivity contribution is -0.123. The monoisotopic (exact) mass is 437 g/mol. The van der Waals surface area contributed by atoms with Gasteiger partial charge in [0.25, 0.3) is 5.91 Å². The second-order valence-corrected chi connectivity index (χ2v) is 9.03. The van der Waals surface area contributed by atoms with Crippen molar-refractivity contribution >= 4 is 27.5 Å². The molecule has 9 heteroatoms. The quantitative estimate of drug-likeness (QED) is 0.681. The number of benzene rings is 2. The summed E-state index contributed by atoms with van der Waals surface area (Å²) in [5.74, 6) is 0.380. The molecule has 1 heterocycles. The molecule has 156 valence electrons. The fourth-order valence-electron chi connectivity index (χ4n) is 3.02. The van der Waals surface area contributed by atoms with Crippen LogP contribution < -0.4 is 10.1 Å². The first-order chi connectivity index (χ1) is 13.9. The summed E-state index contributed by atoms with van der Waals surface area (Å²) in [5, 5.41) is 3.43. The van der Waals surface area contributed by atoms with Crippen LogP contribution in [0.2, 0.25) is 5.02 Å². The molecule has 1 aliphatic rings. The average Bonchev–Trinajstić information content (AvgIpc) is 2.74. The van der Waals surface area contributed by atoms with Crippen LogP contribution in [0.25, 0.3) is 0 Å². The number of amides is 1. The molecule has 0 aromatic heterocycles. The van der Waals surface area contributed by atoms with E-state index < -0.39 is 10.0 Å². The molecule has 0 radical (unpaired) electrons.